The summed E-state index contributed by atoms with van der Waals surface area (Å²) < 4.78 is 1.89. The van der Waals surface area contributed by atoms with Crippen molar-refractivity contribution >= 4 is 34.8 Å². The van der Waals surface area contributed by atoms with Gasteiger partial charge in [0, 0.05) is 18.6 Å². The van der Waals surface area contributed by atoms with Crippen molar-refractivity contribution in [3.63, 3.8) is 0 Å². The number of hydrogen-bond acceptors (Lipinski definition) is 1. The van der Waals surface area contributed by atoms with Gasteiger partial charge in [-0.05, 0) is 25.1 Å². The number of anilines is 1. The summed E-state index contributed by atoms with van der Waals surface area (Å²) in [5, 5.41) is 3.55. The van der Waals surface area contributed by atoms with Gasteiger partial charge in [0.05, 0.1) is 15.7 Å². The summed E-state index contributed by atoms with van der Waals surface area (Å²) in [5.41, 5.74) is 2.72. The van der Waals surface area contributed by atoms with E-state index in [-0.39, 0.29) is 12.5 Å². The van der Waals surface area contributed by atoms with Gasteiger partial charge in [-0.1, -0.05) is 29.3 Å². The first-order valence-electron chi connectivity index (χ1n) is 6.18. The van der Waals surface area contributed by atoms with Gasteiger partial charge in [0.2, 0.25) is 6.54 Å². The molecule has 20 heavy (non-hydrogen) atoms. The summed E-state index contributed by atoms with van der Waals surface area (Å²) in [4.78, 5) is 12.1. The molecule has 0 saturated carbocycles. The molecular weight excluding hydrogens is 295 g/mol. The number of nitrogens with one attached hydrogen (secondary N) is 1. The molecule has 0 bridgehead atoms. The zero-order chi connectivity index (χ0) is 14.7. The molecule has 1 amide bonds. The van der Waals surface area contributed by atoms with E-state index >= 15 is 0 Å². The first-order valence-corrected chi connectivity index (χ1v) is 6.94. The van der Waals surface area contributed by atoms with Gasteiger partial charge in [0.1, 0.15) is 0 Å². The predicted molar refractivity (Wildman–Crippen MR) is 81.2 cm³/mol. The molecule has 1 N–H and O–H groups in total. The Morgan fingerprint density at radius 2 is 1.95 bits per heavy atom. The van der Waals surface area contributed by atoms with Crippen LogP contribution in [0.15, 0.2) is 36.5 Å². The van der Waals surface area contributed by atoms with Crippen LogP contribution in [0.2, 0.25) is 10.0 Å². The predicted octanol–water partition coefficient (Wildman–Crippen LogP) is 3.54. The third kappa shape index (κ3) is 3.30. The summed E-state index contributed by atoms with van der Waals surface area (Å²) in [6, 6.07) is 9.08. The van der Waals surface area contributed by atoms with Crippen LogP contribution < -0.4 is 9.88 Å². The molecule has 104 valence electrons. The topological polar surface area (TPSA) is 33.0 Å². The Labute approximate surface area is 128 Å². The smallest absolute Gasteiger partial charge is 0.290 e. The molecule has 3 nitrogen and oxygen atoms in total. The van der Waals surface area contributed by atoms with Crippen molar-refractivity contribution in [2.45, 2.75) is 20.4 Å². The molecule has 1 aromatic heterocycles. The number of aryl methyl sites for hydroxylation is 1. The number of halogens is 2. The van der Waals surface area contributed by atoms with Gasteiger partial charge in [-0.15, -0.1) is 0 Å². The Morgan fingerprint density at radius 3 is 2.70 bits per heavy atom. The SMILES string of the molecule is Cc1ccc[n+](CC(=O)Nc2cccc(Cl)c2Cl)c1C. The lowest BCUT2D eigenvalue weighted by Gasteiger charge is -2.07. The molecule has 0 fully saturated rings. The Kier molecular flexibility index (Phi) is 4.63. The molecule has 1 heterocycles. The molecule has 0 unspecified atom stereocenters. The Hall–Kier alpha value is -1.58. The summed E-state index contributed by atoms with van der Waals surface area (Å²) >= 11 is 12.0. The minimum atomic E-state index is -0.145. The molecule has 2 rings (SSSR count). The van der Waals surface area contributed by atoms with E-state index in [1.165, 1.54) is 0 Å². The van der Waals surface area contributed by atoms with Crippen molar-refractivity contribution in [1.82, 2.24) is 0 Å². The molecule has 0 aliphatic carbocycles. The van der Waals surface area contributed by atoms with E-state index in [9.17, 15) is 4.79 Å². The van der Waals surface area contributed by atoms with E-state index < -0.39 is 0 Å². The number of amides is 1. The highest BCUT2D eigenvalue weighted by atomic mass is 35.5. The molecule has 2 aromatic rings. The number of nitrogens with zero attached hydrogens (tertiary/aromatic N) is 1. The highest BCUT2D eigenvalue weighted by Gasteiger charge is 2.15. The van der Waals surface area contributed by atoms with Crippen LogP contribution in [0.3, 0.4) is 0 Å². The van der Waals surface area contributed by atoms with Gasteiger partial charge in [-0.2, -0.15) is 4.57 Å². The van der Waals surface area contributed by atoms with Gasteiger partial charge in [0.15, 0.2) is 11.9 Å². The molecular formula is C15H15Cl2N2O+. The van der Waals surface area contributed by atoms with Crippen molar-refractivity contribution in [3.8, 4) is 0 Å². The van der Waals surface area contributed by atoms with Crippen molar-refractivity contribution in [2.24, 2.45) is 0 Å². The van der Waals surface area contributed by atoms with E-state index in [0.29, 0.717) is 15.7 Å². The lowest BCUT2D eigenvalue weighted by atomic mass is 10.2. The number of pyridine rings is 1. The van der Waals surface area contributed by atoms with E-state index in [0.717, 1.165) is 11.3 Å². The second-order valence-electron chi connectivity index (χ2n) is 4.55. The second-order valence-corrected chi connectivity index (χ2v) is 5.34. The van der Waals surface area contributed by atoms with Crippen LogP contribution in [0, 0.1) is 13.8 Å². The molecule has 0 atom stereocenters. The highest BCUT2D eigenvalue weighted by molar-refractivity contribution is 6.43. The van der Waals surface area contributed by atoms with Crippen molar-refractivity contribution in [2.75, 3.05) is 5.32 Å². The molecule has 1 aromatic carbocycles. The van der Waals surface area contributed by atoms with E-state index in [4.69, 9.17) is 23.2 Å². The molecule has 0 spiro atoms. The lowest BCUT2D eigenvalue weighted by Crippen LogP contribution is -2.43. The van der Waals surface area contributed by atoms with Crippen LogP contribution in [0.1, 0.15) is 11.3 Å². The van der Waals surface area contributed by atoms with Crippen LogP contribution in [-0.2, 0) is 11.3 Å². The van der Waals surface area contributed by atoms with Gasteiger partial charge in [-0.3, -0.25) is 4.79 Å². The lowest BCUT2D eigenvalue weighted by molar-refractivity contribution is -0.690. The number of carbonyl (C=O) groups is 1. The van der Waals surface area contributed by atoms with Crippen molar-refractivity contribution in [3.05, 3.63) is 57.8 Å². The van der Waals surface area contributed by atoms with Crippen LogP contribution in [0.4, 0.5) is 5.69 Å². The van der Waals surface area contributed by atoms with Gasteiger partial charge in [-0.25, -0.2) is 0 Å². The van der Waals surface area contributed by atoms with Crippen LogP contribution in [0.5, 0.6) is 0 Å². The Bertz CT molecular complexity index is 601. The average molecular weight is 310 g/mol. The fourth-order valence-corrected chi connectivity index (χ4v) is 2.21. The quantitative estimate of drug-likeness (QED) is 0.864. The maximum atomic E-state index is 12.1. The molecule has 0 aliphatic rings. The average Bonchev–Trinajstić information content (AvgIpc) is 2.40. The summed E-state index contributed by atoms with van der Waals surface area (Å²) in [5.74, 6) is -0.145. The van der Waals surface area contributed by atoms with Gasteiger partial charge in [0.25, 0.3) is 5.91 Å². The number of hydrogen-bond donors (Lipinski definition) is 1. The fourth-order valence-electron chi connectivity index (χ4n) is 1.87. The monoisotopic (exact) mass is 309 g/mol. The normalized spacial score (nSPS) is 10.4. The standard InChI is InChI=1S/C15H14Cl2N2O/c1-10-5-4-8-19(11(10)2)9-14(20)18-13-7-3-6-12(16)15(13)17/h3-8H,9H2,1-2H3/p+1. The summed E-state index contributed by atoms with van der Waals surface area (Å²) in [6.07, 6.45) is 1.88. The maximum Gasteiger partial charge on any atom is 0.290 e. The third-order valence-corrected chi connectivity index (χ3v) is 3.97. The molecule has 0 aliphatic heterocycles. The first kappa shape index (κ1) is 14.8. The van der Waals surface area contributed by atoms with E-state index in [2.05, 4.69) is 5.32 Å². The van der Waals surface area contributed by atoms with Crippen LogP contribution in [-0.4, -0.2) is 5.91 Å². The van der Waals surface area contributed by atoms with E-state index in [1.54, 1.807) is 18.2 Å². The number of benzene rings is 1. The zero-order valence-corrected chi connectivity index (χ0v) is 12.8. The highest BCUT2D eigenvalue weighted by Crippen LogP contribution is 2.29. The summed E-state index contributed by atoms with van der Waals surface area (Å²) in [7, 11) is 0. The van der Waals surface area contributed by atoms with Gasteiger partial charge < -0.3 is 5.32 Å². The molecule has 0 radical (unpaired) electrons. The zero-order valence-electron chi connectivity index (χ0n) is 11.3. The van der Waals surface area contributed by atoms with Crippen LogP contribution >= 0.6 is 23.2 Å². The fraction of sp³-hybridized carbons (Fsp3) is 0.200. The number of aromatic nitrogens is 1. The molecule has 5 heteroatoms. The largest absolute Gasteiger partial charge is 0.319 e. The number of carbonyl (C=O) groups excluding carboxylic acids is 1. The maximum absolute atomic E-state index is 12.1. The Morgan fingerprint density at radius 1 is 1.20 bits per heavy atom. The second kappa shape index (κ2) is 6.25. The van der Waals surface area contributed by atoms with Crippen molar-refractivity contribution < 1.29 is 9.36 Å². The third-order valence-electron chi connectivity index (χ3n) is 3.15. The minimum absolute atomic E-state index is 0.145. The molecule has 0 saturated heterocycles. The van der Waals surface area contributed by atoms with Crippen molar-refractivity contribution in [1.29, 1.82) is 0 Å². The minimum Gasteiger partial charge on any atom is -0.319 e. The van der Waals surface area contributed by atoms with Gasteiger partial charge >= 0.3 is 0 Å². The van der Waals surface area contributed by atoms with E-state index in [1.807, 2.05) is 36.7 Å². The first-order chi connectivity index (χ1) is 9.49. The summed E-state index contributed by atoms with van der Waals surface area (Å²) in [6.45, 7) is 4.23. The number of rotatable bonds is 3. The van der Waals surface area contributed by atoms with Crippen LogP contribution in [0.25, 0.3) is 0 Å². The Balaban J connectivity index is 2.13.